The maximum absolute atomic E-state index is 12.5. The van der Waals surface area contributed by atoms with Crippen molar-refractivity contribution >= 4 is 29.1 Å². The molecule has 29 heavy (non-hydrogen) atoms. The molecule has 3 aromatic rings. The number of pyridine rings is 1. The summed E-state index contributed by atoms with van der Waals surface area (Å²) in [7, 11) is 1.87. The SMILES string of the molecule is Cn1c(SCC(=O)c2ccc(NC(=O)C(C)(C)C)cc2)nnc1-c1ccncc1. The van der Waals surface area contributed by atoms with Gasteiger partial charge in [-0.05, 0) is 36.4 Å². The molecule has 0 atom stereocenters. The van der Waals surface area contributed by atoms with Crippen LogP contribution in [0.25, 0.3) is 11.4 Å². The number of rotatable bonds is 6. The molecule has 2 heterocycles. The lowest BCUT2D eigenvalue weighted by molar-refractivity contribution is -0.123. The summed E-state index contributed by atoms with van der Waals surface area (Å²) >= 11 is 1.34. The lowest BCUT2D eigenvalue weighted by Gasteiger charge is -2.17. The van der Waals surface area contributed by atoms with Crippen LogP contribution in [0.2, 0.25) is 0 Å². The Morgan fingerprint density at radius 1 is 1.03 bits per heavy atom. The third kappa shape index (κ3) is 5.08. The first kappa shape index (κ1) is 20.7. The van der Waals surface area contributed by atoms with Gasteiger partial charge in [-0.15, -0.1) is 10.2 Å². The van der Waals surface area contributed by atoms with Gasteiger partial charge in [0.1, 0.15) is 0 Å². The van der Waals surface area contributed by atoms with Crippen molar-refractivity contribution in [3.63, 3.8) is 0 Å². The summed E-state index contributed by atoms with van der Waals surface area (Å²) in [6, 6.07) is 10.7. The Morgan fingerprint density at radius 3 is 2.31 bits per heavy atom. The highest BCUT2D eigenvalue weighted by molar-refractivity contribution is 7.99. The van der Waals surface area contributed by atoms with Crippen molar-refractivity contribution in [3.05, 3.63) is 54.4 Å². The Morgan fingerprint density at radius 2 is 1.69 bits per heavy atom. The lowest BCUT2D eigenvalue weighted by atomic mass is 9.95. The minimum absolute atomic E-state index is 0.0165. The van der Waals surface area contributed by atoms with Gasteiger partial charge in [0.15, 0.2) is 16.8 Å². The Kier molecular flexibility index (Phi) is 6.12. The zero-order valence-corrected chi connectivity index (χ0v) is 17.7. The summed E-state index contributed by atoms with van der Waals surface area (Å²) in [5, 5.41) is 11.9. The molecular formula is C21H23N5O2S. The highest BCUT2D eigenvalue weighted by Gasteiger charge is 2.21. The monoisotopic (exact) mass is 409 g/mol. The van der Waals surface area contributed by atoms with E-state index in [1.807, 2.05) is 44.5 Å². The van der Waals surface area contributed by atoms with Gasteiger partial charge in [0, 0.05) is 41.7 Å². The molecule has 0 saturated heterocycles. The number of hydrogen-bond acceptors (Lipinski definition) is 6. The van der Waals surface area contributed by atoms with Crippen LogP contribution in [-0.2, 0) is 11.8 Å². The van der Waals surface area contributed by atoms with Crippen molar-refractivity contribution in [2.45, 2.75) is 25.9 Å². The number of thioether (sulfide) groups is 1. The summed E-state index contributed by atoms with van der Waals surface area (Å²) in [5.41, 5.74) is 1.70. The van der Waals surface area contributed by atoms with Crippen LogP contribution in [-0.4, -0.2) is 37.2 Å². The van der Waals surface area contributed by atoms with E-state index in [4.69, 9.17) is 0 Å². The van der Waals surface area contributed by atoms with Crippen LogP contribution in [0.5, 0.6) is 0 Å². The predicted octanol–water partition coefficient (Wildman–Crippen LogP) is 3.84. The van der Waals surface area contributed by atoms with Gasteiger partial charge in [-0.25, -0.2) is 0 Å². The van der Waals surface area contributed by atoms with Gasteiger partial charge in [-0.3, -0.25) is 14.6 Å². The number of nitrogens with one attached hydrogen (secondary N) is 1. The second kappa shape index (κ2) is 8.57. The second-order valence-corrected chi connectivity index (χ2v) is 8.54. The number of carbonyl (C=O) groups is 2. The molecule has 0 bridgehead atoms. The first-order chi connectivity index (χ1) is 13.8. The average Bonchev–Trinajstić information content (AvgIpc) is 3.07. The number of aromatic nitrogens is 4. The molecule has 0 spiro atoms. The van der Waals surface area contributed by atoms with Crippen molar-refractivity contribution in [1.82, 2.24) is 19.7 Å². The van der Waals surface area contributed by atoms with Crippen LogP contribution >= 0.6 is 11.8 Å². The molecule has 8 heteroatoms. The third-order valence-electron chi connectivity index (χ3n) is 4.25. The molecule has 3 rings (SSSR count). The molecule has 0 fully saturated rings. The molecule has 0 aliphatic heterocycles. The molecule has 0 saturated carbocycles. The number of hydrogen-bond donors (Lipinski definition) is 1. The van der Waals surface area contributed by atoms with E-state index in [1.54, 1.807) is 36.7 Å². The lowest BCUT2D eigenvalue weighted by Crippen LogP contribution is -2.27. The molecular weight excluding hydrogens is 386 g/mol. The molecule has 1 N–H and O–H groups in total. The van der Waals surface area contributed by atoms with Gasteiger partial charge < -0.3 is 9.88 Å². The highest BCUT2D eigenvalue weighted by atomic mass is 32.2. The molecule has 0 unspecified atom stereocenters. The van der Waals surface area contributed by atoms with Crippen LogP contribution < -0.4 is 5.32 Å². The summed E-state index contributed by atoms with van der Waals surface area (Å²) in [6.45, 7) is 5.55. The maximum atomic E-state index is 12.5. The molecule has 0 aliphatic carbocycles. The van der Waals surface area contributed by atoms with Gasteiger partial charge in [0.05, 0.1) is 5.75 Å². The van der Waals surface area contributed by atoms with Crippen molar-refractivity contribution in [2.24, 2.45) is 12.5 Å². The Hall–Kier alpha value is -3.00. The fraction of sp³-hybridized carbons (Fsp3) is 0.286. The van der Waals surface area contributed by atoms with Crippen LogP contribution in [0.4, 0.5) is 5.69 Å². The van der Waals surface area contributed by atoms with Crippen molar-refractivity contribution < 1.29 is 9.59 Å². The molecule has 1 aromatic carbocycles. The second-order valence-electron chi connectivity index (χ2n) is 7.59. The predicted molar refractivity (Wildman–Crippen MR) is 114 cm³/mol. The number of Topliss-reactive ketones (excluding diaryl/α,β-unsaturated/α-hetero) is 1. The Balaban J connectivity index is 1.61. The normalized spacial score (nSPS) is 11.3. The van der Waals surface area contributed by atoms with Gasteiger partial charge >= 0.3 is 0 Å². The zero-order valence-electron chi connectivity index (χ0n) is 16.8. The number of benzene rings is 1. The largest absolute Gasteiger partial charge is 0.326 e. The van der Waals surface area contributed by atoms with E-state index < -0.39 is 5.41 Å². The van der Waals surface area contributed by atoms with Crippen molar-refractivity contribution in [1.29, 1.82) is 0 Å². The van der Waals surface area contributed by atoms with Crippen LogP contribution in [0.15, 0.2) is 53.9 Å². The molecule has 2 aromatic heterocycles. The smallest absolute Gasteiger partial charge is 0.229 e. The average molecular weight is 410 g/mol. The van der Waals surface area contributed by atoms with E-state index in [9.17, 15) is 9.59 Å². The van der Waals surface area contributed by atoms with E-state index in [2.05, 4.69) is 20.5 Å². The molecule has 7 nitrogen and oxygen atoms in total. The summed E-state index contributed by atoms with van der Waals surface area (Å²) in [4.78, 5) is 28.6. The van der Waals surface area contributed by atoms with E-state index >= 15 is 0 Å². The topological polar surface area (TPSA) is 89.8 Å². The van der Waals surface area contributed by atoms with Crippen LogP contribution in [0, 0.1) is 5.41 Å². The van der Waals surface area contributed by atoms with Gasteiger partial charge in [-0.1, -0.05) is 32.5 Å². The molecule has 0 aliphatic rings. The summed E-state index contributed by atoms with van der Waals surface area (Å²) in [6.07, 6.45) is 3.40. The van der Waals surface area contributed by atoms with Crippen LogP contribution in [0.3, 0.4) is 0 Å². The quantitative estimate of drug-likeness (QED) is 0.491. The Labute approximate surface area is 174 Å². The van der Waals surface area contributed by atoms with Crippen molar-refractivity contribution in [3.8, 4) is 11.4 Å². The van der Waals surface area contributed by atoms with E-state index in [0.29, 0.717) is 16.4 Å². The minimum atomic E-state index is -0.476. The highest BCUT2D eigenvalue weighted by Crippen LogP contribution is 2.23. The van der Waals surface area contributed by atoms with Crippen molar-refractivity contribution in [2.75, 3.05) is 11.1 Å². The number of carbonyl (C=O) groups excluding carboxylic acids is 2. The fourth-order valence-electron chi connectivity index (χ4n) is 2.46. The first-order valence-corrected chi connectivity index (χ1v) is 10.1. The summed E-state index contributed by atoms with van der Waals surface area (Å²) < 4.78 is 1.86. The van der Waals surface area contributed by atoms with E-state index in [-0.39, 0.29) is 17.4 Å². The molecule has 0 radical (unpaired) electrons. The number of amides is 1. The van der Waals surface area contributed by atoms with E-state index in [0.717, 1.165) is 11.4 Å². The molecule has 150 valence electrons. The van der Waals surface area contributed by atoms with Gasteiger partial charge in [-0.2, -0.15) is 0 Å². The Bertz CT molecular complexity index is 1010. The van der Waals surface area contributed by atoms with Gasteiger partial charge in [0.2, 0.25) is 5.91 Å². The maximum Gasteiger partial charge on any atom is 0.229 e. The van der Waals surface area contributed by atoms with E-state index in [1.165, 1.54) is 11.8 Å². The van der Waals surface area contributed by atoms with Gasteiger partial charge in [0.25, 0.3) is 0 Å². The van der Waals surface area contributed by atoms with Crippen LogP contribution in [0.1, 0.15) is 31.1 Å². The fourth-order valence-corrected chi connectivity index (χ4v) is 3.27. The minimum Gasteiger partial charge on any atom is -0.326 e. The zero-order chi connectivity index (χ0) is 21.0. The standard InChI is InChI=1S/C21H23N5O2S/c1-21(2,3)19(28)23-16-7-5-14(6-8-16)17(27)13-29-20-25-24-18(26(20)4)15-9-11-22-12-10-15/h5-12H,13H2,1-4H3,(H,23,28). The third-order valence-corrected chi connectivity index (χ3v) is 5.27. The first-order valence-electron chi connectivity index (χ1n) is 9.13. The molecule has 1 amide bonds. The number of ketones is 1. The number of anilines is 1. The summed E-state index contributed by atoms with van der Waals surface area (Å²) in [5.74, 6) is 0.883. The number of nitrogens with zero attached hydrogens (tertiary/aromatic N) is 4.